The monoisotopic (exact) mass is 240 g/mol. The number of carbonyl (C=O) groups is 1. The lowest BCUT2D eigenvalue weighted by Gasteiger charge is -2.18. The predicted molar refractivity (Wildman–Crippen MR) is 68.4 cm³/mol. The summed E-state index contributed by atoms with van der Waals surface area (Å²) in [7, 11) is 5.41. The SMILES string of the molecule is CCN(C)c1ccc(C(=O)N(C)C)c(Cl)c1. The van der Waals surface area contributed by atoms with Crippen LogP contribution in [0.4, 0.5) is 5.69 Å². The molecule has 0 aromatic heterocycles. The van der Waals surface area contributed by atoms with Crippen LogP contribution in [0.2, 0.25) is 5.02 Å². The summed E-state index contributed by atoms with van der Waals surface area (Å²) in [6.07, 6.45) is 0. The molecule has 1 rings (SSSR count). The zero-order valence-corrected chi connectivity index (χ0v) is 10.9. The van der Waals surface area contributed by atoms with Crippen LogP contribution in [0, 0.1) is 0 Å². The van der Waals surface area contributed by atoms with E-state index >= 15 is 0 Å². The lowest BCUT2D eigenvalue weighted by Crippen LogP contribution is -2.22. The lowest BCUT2D eigenvalue weighted by molar-refractivity contribution is 0.0828. The van der Waals surface area contributed by atoms with Gasteiger partial charge in [-0.05, 0) is 25.1 Å². The number of halogens is 1. The van der Waals surface area contributed by atoms with Crippen LogP contribution in [-0.4, -0.2) is 38.5 Å². The number of nitrogens with zero attached hydrogens (tertiary/aromatic N) is 2. The highest BCUT2D eigenvalue weighted by Gasteiger charge is 2.13. The summed E-state index contributed by atoms with van der Waals surface area (Å²) in [5.74, 6) is -0.0734. The highest BCUT2D eigenvalue weighted by molar-refractivity contribution is 6.34. The fourth-order valence-electron chi connectivity index (χ4n) is 1.34. The molecule has 1 aromatic rings. The zero-order valence-electron chi connectivity index (χ0n) is 10.1. The van der Waals surface area contributed by atoms with Crippen LogP contribution in [0.3, 0.4) is 0 Å². The molecule has 0 aliphatic carbocycles. The third kappa shape index (κ3) is 2.67. The van der Waals surface area contributed by atoms with Gasteiger partial charge in [-0.25, -0.2) is 0 Å². The van der Waals surface area contributed by atoms with E-state index in [-0.39, 0.29) is 5.91 Å². The van der Waals surface area contributed by atoms with Gasteiger partial charge in [-0.15, -0.1) is 0 Å². The van der Waals surface area contributed by atoms with Gasteiger partial charge in [0.15, 0.2) is 0 Å². The Morgan fingerprint density at radius 1 is 1.31 bits per heavy atom. The van der Waals surface area contributed by atoms with Gasteiger partial charge in [-0.1, -0.05) is 11.6 Å². The van der Waals surface area contributed by atoms with Gasteiger partial charge >= 0.3 is 0 Å². The molecule has 0 atom stereocenters. The third-order valence-corrected chi connectivity index (χ3v) is 2.82. The first kappa shape index (κ1) is 12.8. The fourth-order valence-corrected chi connectivity index (χ4v) is 1.59. The van der Waals surface area contributed by atoms with Crippen molar-refractivity contribution in [2.45, 2.75) is 6.92 Å². The van der Waals surface area contributed by atoms with Crippen LogP contribution < -0.4 is 4.90 Å². The molecule has 0 fully saturated rings. The first-order chi connectivity index (χ1) is 7.47. The highest BCUT2D eigenvalue weighted by Crippen LogP contribution is 2.23. The average molecular weight is 241 g/mol. The van der Waals surface area contributed by atoms with Gasteiger partial charge in [-0.3, -0.25) is 4.79 Å². The van der Waals surface area contributed by atoms with Crippen LogP contribution in [0.5, 0.6) is 0 Å². The minimum absolute atomic E-state index is 0.0734. The molecular formula is C12H17ClN2O. The molecule has 16 heavy (non-hydrogen) atoms. The summed E-state index contributed by atoms with van der Waals surface area (Å²) < 4.78 is 0. The molecule has 0 saturated carbocycles. The predicted octanol–water partition coefficient (Wildman–Crippen LogP) is 2.50. The number of rotatable bonds is 3. The Morgan fingerprint density at radius 2 is 1.94 bits per heavy atom. The zero-order chi connectivity index (χ0) is 12.3. The molecule has 0 bridgehead atoms. The Bertz CT molecular complexity index is 391. The minimum Gasteiger partial charge on any atom is -0.375 e. The Labute approximate surface area is 102 Å². The topological polar surface area (TPSA) is 23.6 Å². The molecule has 0 N–H and O–H groups in total. The van der Waals surface area contributed by atoms with Crippen molar-refractivity contribution in [2.75, 3.05) is 32.6 Å². The summed E-state index contributed by atoms with van der Waals surface area (Å²) in [5, 5.41) is 0.497. The maximum absolute atomic E-state index is 11.7. The summed E-state index contributed by atoms with van der Waals surface area (Å²) in [6, 6.07) is 5.50. The number of benzene rings is 1. The second-order valence-corrected chi connectivity index (χ2v) is 4.29. The van der Waals surface area contributed by atoms with E-state index in [9.17, 15) is 4.79 Å². The van der Waals surface area contributed by atoms with E-state index in [0.717, 1.165) is 12.2 Å². The number of amides is 1. The number of anilines is 1. The van der Waals surface area contributed by atoms with Crippen molar-refractivity contribution in [2.24, 2.45) is 0 Å². The van der Waals surface area contributed by atoms with E-state index in [1.54, 1.807) is 20.2 Å². The van der Waals surface area contributed by atoms with Gasteiger partial charge in [0.25, 0.3) is 5.91 Å². The maximum atomic E-state index is 11.7. The summed E-state index contributed by atoms with van der Waals surface area (Å²) in [5.41, 5.74) is 1.56. The van der Waals surface area contributed by atoms with Crippen LogP contribution in [-0.2, 0) is 0 Å². The Hall–Kier alpha value is -1.22. The van der Waals surface area contributed by atoms with Gasteiger partial charge < -0.3 is 9.80 Å². The van der Waals surface area contributed by atoms with Crippen molar-refractivity contribution in [1.82, 2.24) is 4.90 Å². The van der Waals surface area contributed by atoms with Crippen molar-refractivity contribution in [1.29, 1.82) is 0 Å². The van der Waals surface area contributed by atoms with Crippen molar-refractivity contribution in [3.63, 3.8) is 0 Å². The van der Waals surface area contributed by atoms with Crippen molar-refractivity contribution in [3.05, 3.63) is 28.8 Å². The van der Waals surface area contributed by atoms with Crippen LogP contribution in [0.15, 0.2) is 18.2 Å². The number of hydrogen-bond donors (Lipinski definition) is 0. The lowest BCUT2D eigenvalue weighted by atomic mass is 10.1. The van der Waals surface area contributed by atoms with E-state index in [4.69, 9.17) is 11.6 Å². The molecule has 0 spiro atoms. The van der Waals surface area contributed by atoms with Crippen molar-refractivity contribution in [3.8, 4) is 0 Å². The standard InChI is InChI=1S/C12H17ClN2O/c1-5-15(4)9-6-7-10(11(13)8-9)12(16)14(2)3/h6-8H,5H2,1-4H3. The normalized spacial score (nSPS) is 10.1. The van der Waals surface area contributed by atoms with Crippen LogP contribution in [0.25, 0.3) is 0 Å². The van der Waals surface area contributed by atoms with Gasteiger partial charge in [0.05, 0.1) is 10.6 Å². The van der Waals surface area contributed by atoms with E-state index in [1.165, 1.54) is 4.90 Å². The highest BCUT2D eigenvalue weighted by atomic mass is 35.5. The fraction of sp³-hybridized carbons (Fsp3) is 0.417. The number of hydrogen-bond acceptors (Lipinski definition) is 2. The number of carbonyl (C=O) groups excluding carboxylic acids is 1. The van der Waals surface area contributed by atoms with Gasteiger partial charge in [0.1, 0.15) is 0 Å². The quantitative estimate of drug-likeness (QED) is 0.811. The van der Waals surface area contributed by atoms with Crippen LogP contribution in [0.1, 0.15) is 17.3 Å². The largest absolute Gasteiger partial charge is 0.375 e. The Kier molecular flexibility index (Phi) is 4.19. The Morgan fingerprint density at radius 3 is 2.38 bits per heavy atom. The van der Waals surface area contributed by atoms with Gasteiger partial charge in [-0.2, -0.15) is 0 Å². The van der Waals surface area contributed by atoms with Gasteiger partial charge in [0, 0.05) is 33.4 Å². The molecule has 0 radical (unpaired) electrons. The molecule has 88 valence electrons. The van der Waals surface area contributed by atoms with E-state index in [0.29, 0.717) is 10.6 Å². The third-order valence-electron chi connectivity index (χ3n) is 2.50. The van der Waals surface area contributed by atoms with Crippen LogP contribution >= 0.6 is 11.6 Å². The molecule has 1 amide bonds. The van der Waals surface area contributed by atoms with E-state index in [2.05, 4.69) is 11.8 Å². The van der Waals surface area contributed by atoms with Crippen molar-refractivity contribution < 1.29 is 4.79 Å². The summed E-state index contributed by atoms with van der Waals surface area (Å²) in [4.78, 5) is 15.3. The first-order valence-corrected chi connectivity index (χ1v) is 5.57. The maximum Gasteiger partial charge on any atom is 0.254 e. The molecule has 0 unspecified atom stereocenters. The Balaban J connectivity index is 3.05. The molecule has 0 aliphatic heterocycles. The summed E-state index contributed by atoms with van der Waals surface area (Å²) in [6.45, 7) is 2.96. The molecule has 4 heteroatoms. The average Bonchev–Trinajstić information content (AvgIpc) is 2.26. The van der Waals surface area contributed by atoms with Crippen molar-refractivity contribution >= 4 is 23.2 Å². The molecule has 0 heterocycles. The van der Waals surface area contributed by atoms with E-state index < -0.39 is 0 Å². The molecular weight excluding hydrogens is 224 g/mol. The first-order valence-electron chi connectivity index (χ1n) is 5.19. The smallest absolute Gasteiger partial charge is 0.254 e. The second kappa shape index (κ2) is 5.21. The summed E-state index contributed by atoms with van der Waals surface area (Å²) >= 11 is 6.10. The molecule has 1 aromatic carbocycles. The molecule has 0 aliphatic rings. The second-order valence-electron chi connectivity index (χ2n) is 3.88. The molecule has 0 saturated heterocycles. The minimum atomic E-state index is -0.0734. The van der Waals surface area contributed by atoms with E-state index in [1.807, 2.05) is 19.2 Å². The van der Waals surface area contributed by atoms with Gasteiger partial charge in [0.2, 0.25) is 0 Å². The molecule has 3 nitrogen and oxygen atoms in total.